The zero-order valence-electron chi connectivity index (χ0n) is 9.97. The van der Waals surface area contributed by atoms with Crippen LogP contribution in [-0.4, -0.2) is 13.0 Å². The summed E-state index contributed by atoms with van der Waals surface area (Å²) in [4.78, 5) is 11.7. The summed E-state index contributed by atoms with van der Waals surface area (Å²) in [6, 6.07) is 10.6. The number of amides is 1. The van der Waals surface area contributed by atoms with E-state index in [9.17, 15) is 4.79 Å². The van der Waals surface area contributed by atoms with E-state index in [1.807, 2.05) is 24.3 Å². The van der Waals surface area contributed by atoms with Crippen LogP contribution in [-0.2, 0) is 6.54 Å². The van der Waals surface area contributed by atoms with Crippen LogP contribution in [0.1, 0.15) is 16.1 Å². The number of hydrogen-bond donors (Lipinski definition) is 2. The summed E-state index contributed by atoms with van der Waals surface area (Å²) < 4.78 is 10.2. The van der Waals surface area contributed by atoms with Gasteiger partial charge in [0.25, 0.3) is 5.91 Å². The molecule has 1 amide bonds. The molecule has 0 radical (unpaired) electrons. The molecule has 5 nitrogen and oxygen atoms in total. The fourth-order valence-corrected chi connectivity index (χ4v) is 1.59. The Morgan fingerprint density at radius 1 is 1.33 bits per heavy atom. The number of ether oxygens (including phenoxy) is 1. The Balaban J connectivity index is 2.01. The summed E-state index contributed by atoms with van der Waals surface area (Å²) in [7, 11) is 1.59. The molecule has 1 heterocycles. The maximum atomic E-state index is 11.7. The van der Waals surface area contributed by atoms with E-state index in [0.29, 0.717) is 6.54 Å². The number of rotatable bonds is 4. The fraction of sp³-hybridized carbons (Fsp3) is 0.154. The molecule has 3 N–H and O–H groups in total. The molecule has 18 heavy (non-hydrogen) atoms. The first-order valence-electron chi connectivity index (χ1n) is 5.46. The molecule has 0 aliphatic heterocycles. The van der Waals surface area contributed by atoms with E-state index in [1.165, 1.54) is 12.1 Å². The van der Waals surface area contributed by atoms with Gasteiger partial charge in [0.1, 0.15) is 5.75 Å². The first-order valence-corrected chi connectivity index (χ1v) is 5.46. The van der Waals surface area contributed by atoms with Crippen molar-refractivity contribution >= 4 is 11.8 Å². The first-order chi connectivity index (χ1) is 8.70. The molecule has 0 spiro atoms. The largest absolute Gasteiger partial charge is 0.496 e. The van der Waals surface area contributed by atoms with Crippen LogP contribution in [0, 0.1) is 0 Å². The molecule has 0 aliphatic carbocycles. The Bertz CT molecular complexity index is 549. The Kier molecular flexibility index (Phi) is 3.52. The predicted molar refractivity (Wildman–Crippen MR) is 67.3 cm³/mol. The third-order valence-electron chi connectivity index (χ3n) is 2.48. The van der Waals surface area contributed by atoms with Crippen molar-refractivity contribution < 1.29 is 13.9 Å². The molecule has 0 unspecified atom stereocenters. The van der Waals surface area contributed by atoms with Gasteiger partial charge in [-0.1, -0.05) is 18.2 Å². The standard InChI is InChI=1S/C13H14N2O3/c1-17-10-5-3-2-4-9(10)8-15-13(16)11-6-7-12(14)18-11/h2-7H,8,14H2,1H3,(H,15,16). The van der Waals surface area contributed by atoms with Gasteiger partial charge in [0.15, 0.2) is 11.6 Å². The predicted octanol–water partition coefficient (Wildman–Crippen LogP) is 1.80. The first kappa shape index (κ1) is 12.0. The average Bonchev–Trinajstić information content (AvgIpc) is 2.83. The Morgan fingerprint density at radius 2 is 2.11 bits per heavy atom. The second kappa shape index (κ2) is 5.27. The Morgan fingerprint density at radius 3 is 2.78 bits per heavy atom. The number of furan rings is 1. The number of methoxy groups -OCH3 is 1. The molecule has 0 saturated heterocycles. The van der Waals surface area contributed by atoms with Crippen LogP contribution < -0.4 is 15.8 Å². The van der Waals surface area contributed by atoms with Crippen molar-refractivity contribution in [2.75, 3.05) is 12.8 Å². The highest BCUT2D eigenvalue weighted by Crippen LogP contribution is 2.17. The molecule has 2 rings (SSSR count). The van der Waals surface area contributed by atoms with Crippen LogP contribution in [0.25, 0.3) is 0 Å². The number of hydrogen-bond acceptors (Lipinski definition) is 4. The maximum Gasteiger partial charge on any atom is 0.287 e. The number of nitrogens with one attached hydrogen (secondary N) is 1. The van der Waals surface area contributed by atoms with Gasteiger partial charge >= 0.3 is 0 Å². The third-order valence-corrected chi connectivity index (χ3v) is 2.48. The number of nitrogens with two attached hydrogens (primary N) is 1. The lowest BCUT2D eigenvalue weighted by Crippen LogP contribution is -2.22. The van der Waals surface area contributed by atoms with E-state index >= 15 is 0 Å². The van der Waals surface area contributed by atoms with Crippen LogP contribution in [0.3, 0.4) is 0 Å². The number of benzene rings is 1. The highest BCUT2D eigenvalue weighted by atomic mass is 16.5. The molecule has 1 aromatic heterocycles. The minimum absolute atomic E-state index is 0.197. The number of carbonyl (C=O) groups excluding carboxylic acids is 1. The second-order valence-electron chi connectivity index (χ2n) is 3.70. The highest BCUT2D eigenvalue weighted by molar-refractivity contribution is 5.91. The number of nitrogen functional groups attached to an aromatic ring is 1. The number of carbonyl (C=O) groups is 1. The van der Waals surface area contributed by atoms with Gasteiger partial charge in [0.2, 0.25) is 0 Å². The zero-order valence-corrected chi connectivity index (χ0v) is 9.97. The minimum atomic E-state index is -0.308. The van der Waals surface area contributed by atoms with Crippen molar-refractivity contribution in [1.29, 1.82) is 0 Å². The van der Waals surface area contributed by atoms with Crippen molar-refractivity contribution in [1.82, 2.24) is 5.32 Å². The lowest BCUT2D eigenvalue weighted by atomic mass is 10.2. The van der Waals surface area contributed by atoms with Crippen molar-refractivity contribution in [3.8, 4) is 5.75 Å². The molecule has 0 saturated carbocycles. The van der Waals surface area contributed by atoms with Gasteiger partial charge in [-0.05, 0) is 12.1 Å². The normalized spacial score (nSPS) is 10.1. The Labute approximate surface area is 105 Å². The summed E-state index contributed by atoms with van der Waals surface area (Å²) in [6.45, 7) is 0.365. The topological polar surface area (TPSA) is 77.5 Å². The smallest absolute Gasteiger partial charge is 0.287 e. The van der Waals surface area contributed by atoms with Crippen molar-refractivity contribution in [2.45, 2.75) is 6.54 Å². The van der Waals surface area contributed by atoms with Gasteiger partial charge in [0, 0.05) is 18.2 Å². The van der Waals surface area contributed by atoms with Crippen LogP contribution in [0.4, 0.5) is 5.88 Å². The molecule has 1 aromatic carbocycles. The van der Waals surface area contributed by atoms with Gasteiger partial charge in [-0.15, -0.1) is 0 Å². The monoisotopic (exact) mass is 246 g/mol. The van der Waals surface area contributed by atoms with Gasteiger partial charge < -0.3 is 20.2 Å². The molecule has 5 heteroatoms. The molecule has 0 atom stereocenters. The van der Waals surface area contributed by atoms with Crippen molar-refractivity contribution in [2.24, 2.45) is 0 Å². The van der Waals surface area contributed by atoms with Crippen LogP contribution in [0.2, 0.25) is 0 Å². The number of para-hydroxylation sites is 1. The molecule has 0 fully saturated rings. The van der Waals surface area contributed by atoms with Gasteiger partial charge in [-0.2, -0.15) is 0 Å². The molecule has 2 aromatic rings. The SMILES string of the molecule is COc1ccccc1CNC(=O)c1ccc(N)o1. The number of anilines is 1. The fourth-order valence-electron chi connectivity index (χ4n) is 1.59. The molecule has 0 aliphatic rings. The molecule has 94 valence electrons. The second-order valence-corrected chi connectivity index (χ2v) is 3.70. The lowest BCUT2D eigenvalue weighted by Gasteiger charge is -2.08. The molecular formula is C13H14N2O3. The van der Waals surface area contributed by atoms with Gasteiger partial charge in [0.05, 0.1) is 7.11 Å². The quantitative estimate of drug-likeness (QED) is 0.862. The zero-order chi connectivity index (χ0) is 13.0. The molecular weight excluding hydrogens is 232 g/mol. The minimum Gasteiger partial charge on any atom is -0.496 e. The van der Waals surface area contributed by atoms with Crippen molar-refractivity contribution in [3.05, 3.63) is 47.7 Å². The van der Waals surface area contributed by atoms with Gasteiger partial charge in [-0.25, -0.2) is 0 Å². The highest BCUT2D eigenvalue weighted by Gasteiger charge is 2.10. The summed E-state index contributed by atoms with van der Waals surface area (Å²) in [5.74, 6) is 0.842. The maximum absolute atomic E-state index is 11.7. The Hall–Kier alpha value is -2.43. The van der Waals surface area contributed by atoms with E-state index in [0.717, 1.165) is 11.3 Å². The van der Waals surface area contributed by atoms with Crippen molar-refractivity contribution in [3.63, 3.8) is 0 Å². The van der Waals surface area contributed by atoms with Crippen LogP contribution in [0.5, 0.6) is 5.75 Å². The summed E-state index contributed by atoms with van der Waals surface area (Å²) in [5, 5.41) is 2.74. The van der Waals surface area contributed by atoms with Crippen LogP contribution >= 0.6 is 0 Å². The third kappa shape index (κ3) is 2.63. The van der Waals surface area contributed by atoms with E-state index in [4.69, 9.17) is 14.9 Å². The summed E-state index contributed by atoms with van der Waals surface area (Å²) in [6.07, 6.45) is 0. The van der Waals surface area contributed by atoms with Crippen LogP contribution in [0.15, 0.2) is 40.8 Å². The molecule has 0 bridgehead atoms. The summed E-state index contributed by atoms with van der Waals surface area (Å²) >= 11 is 0. The lowest BCUT2D eigenvalue weighted by molar-refractivity contribution is 0.0924. The van der Waals surface area contributed by atoms with E-state index in [1.54, 1.807) is 7.11 Å². The van der Waals surface area contributed by atoms with E-state index in [2.05, 4.69) is 5.32 Å². The average molecular weight is 246 g/mol. The van der Waals surface area contributed by atoms with E-state index in [-0.39, 0.29) is 17.6 Å². The van der Waals surface area contributed by atoms with E-state index < -0.39 is 0 Å². The van der Waals surface area contributed by atoms with Gasteiger partial charge in [-0.3, -0.25) is 4.79 Å². The summed E-state index contributed by atoms with van der Waals surface area (Å²) in [5.41, 5.74) is 6.30.